The van der Waals surface area contributed by atoms with Crippen LogP contribution in [0, 0.1) is 0 Å². The van der Waals surface area contributed by atoms with Crippen molar-refractivity contribution in [2.24, 2.45) is 0 Å². The molecular weight excluding hydrogens is 414 g/mol. The molecule has 31 heavy (non-hydrogen) atoms. The fourth-order valence-electron chi connectivity index (χ4n) is 3.59. The average molecular weight is 436 g/mol. The lowest BCUT2D eigenvalue weighted by atomic mass is 10.1. The van der Waals surface area contributed by atoms with E-state index in [4.69, 9.17) is 9.84 Å². The zero-order valence-corrected chi connectivity index (χ0v) is 17.7. The standard InChI is InChI=1S/C24H21NO5S/c1-30-20-12-9-17(10-13-20)18-5-4-6-21(15-18)31(28,29)25-16-19(11-14-24(26)27)22-7-2-3-8-23(22)25/h2-10,12-13,15-16H,11,14H2,1H3,(H,26,27). The molecule has 0 aliphatic heterocycles. The van der Waals surface area contributed by atoms with Crippen molar-refractivity contribution in [1.29, 1.82) is 0 Å². The van der Waals surface area contributed by atoms with Crippen LogP contribution in [0.1, 0.15) is 12.0 Å². The van der Waals surface area contributed by atoms with Gasteiger partial charge in [-0.1, -0.05) is 42.5 Å². The SMILES string of the molecule is COc1ccc(-c2cccc(S(=O)(=O)n3cc(CCC(=O)O)c4ccccc43)c2)cc1. The van der Waals surface area contributed by atoms with Gasteiger partial charge in [0.25, 0.3) is 10.0 Å². The number of benzene rings is 3. The number of fused-ring (bicyclic) bond motifs is 1. The highest BCUT2D eigenvalue weighted by Crippen LogP contribution is 2.29. The Hall–Kier alpha value is -3.58. The lowest BCUT2D eigenvalue weighted by Gasteiger charge is -2.10. The first-order valence-electron chi connectivity index (χ1n) is 9.71. The van der Waals surface area contributed by atoms with E-state index < -0.39 is 16.0 Å². The van der Waals surface area contributed by atoms with Crippen molar-refractivity contribution in [3.8, 4) is 16.9 Å². The Labute approximate surface area is 180 Å². The molecule has 3 aromatic carbocycles. The number of methoxy groups -OCH3 is 1. The molecule has 0 atom stereocenters. The van der Waals surface area contributed by atoms with Gasteiger partial charge in [-0.3, -0.25) is 4.79 Å². The van der Waals surface area contributed by atoms with E-state index in [9.17, 15) is 13.2 Å². The average Bonchev–Trinajstić information content (AvgIpc) is 3.17. The summed E-state index contributed by atoms with van der Waals surface area (Å²) in [6.07, 6.45) is 1.72. The minimum Gasteiger partial charge on any atom is -0.497 e. The molecule has 1 heterocycles. The minimum atomic E-state index is -3.88. The number of rotatable bonds is 7. The van der Waals surface area contributed by atoms with Gasteiger partial charge >= 0.3 is 5.97 Å². The predicted octanol–water partition coefficient (Wildman–Crippen LogP) is 4.57. The van der Waals surface area contributed by atoms with Crippen molar-refractivity contribution in [2.75, 3.05) is 7.11 Å². The summed E-state index contributed by atoms with van der Waals surface area (Å²) < 4.78 is 33.4. The van der Waals surface area contributed by atoms with Crippen LogP contribution in [-0.2, 0) is 21.2 Å². The summed E-state index contributed by atoms with van der Waals surface area (Å²) >= 11 is 0. The predicted molar refractivity (Wildman–Crippen MR) is 119 cm³/mol. The van der Waals surface area contributed by atoms with Gasteiger partial charge in [0.2, 0.25) is 0 Å². The molecule has 1 N–H and O–H groups in total. The fraction of sp³-hybridized carbons (Fsp3) is 0.125. The maximum atomic E-state index is 13.5. The minimum absolute atomic E-state index is 0.0684. The van der Waals surface area contributed by atoms with Gasteiger partial charge < -0.3 is 9.84 Å². The van der Waals surface area contributed by atoms with Crippen LogP contribution >= 0.6 is 0 Å². The van der Waals surface area contributed by atoms with E-state index in [1.807, 2.05) is 42.5 Å². The Morgan fingerprint density at radius 3 is 2.42 bits per heavy atom. The van der Waals surface area contributed by atoms with E-state index in [1.54, 1.807) is 37.4 Å². The van der Waals surface area contributed by atoms with Gasteiger partial charge in [0.1, 0.15) is 5.75 Å². The topological polar surface area (TPSA) is 85.6 Å². The third-order valence-corrected chi connectivity index (χ3v) is 6.85. The van der Waals surface area contributed by atoms with Gasteiger partial charge in [-0.05, 0) is 53.4 Å². The van der Waals surface area contributed by atoms with Crippen molar-refractivity contribution in [3.05, 3.63) is 84.6 Å². The van der Waals surface area contributed by atoms with E-state index in [-0.39, 0.29) is 17.7 Å². The molecular formula is C24H21NO5S. The van der Waals surface area contributed by atoms with Crippen LogP contribution in [0.4, 0.5) is 0 Å². The first kappa shape index (κ1) is 20.7. The molecule has 0 saturated heterocycles. The molecule has 0 unspecified atom stereocenters. The maximum absolute atomic E-state index is 13.5. The molecule has 1 aromatic heterocycles. The van der Waals surface area contributed by atoms with Gasteiger partial charge in [-0.25, -0.2) is 12.4 Å². The molecule has 6 nitrogen and oxygen atoms in total. The number of hydrogen-bond donors (Lipinski definition) is 1. The molecule has 0 aliphatic carbocycles. The number of aromatic nitrogens is 1. The molecule has 0 bridgehead atoms. The number of nitrogens with zero attached hydrogens (tertiary/aromatic N) is 1. The lowest BCUT2D eigenvalue weighted by Crippen LogP contribution is -2.12. The smallest absolute Gasteiger partial charge is 0.303 e. The molecule has 4 aromatic rings. The normalized spacial score (nSPS) is 11.5. The number of hydrogen-bond acceptors (Lipinski definition) is 4. The zero-order chi connectivity index (χ0) is 22.0. The van der Waals surface area contributed by atoms with Crippen LogP contribution < -0.4 is 4.74 Å². The molecule has 7 heteroatoms. The second kappa shape index (κ2) is 8.28. The summed E-state index contributed by atoms with van der Waals surface area (Å²) in [6, 6.07) is 21.3. The highest BCUT2D eigenvalue weighted by atomic mass is 32.2. The molecule has 0 saturated carbocycles. The molecule has 158 valence electrons. The monoisotopic (exact) mass is 435 g/mol. The van der Waals surface area contributed by atoms with Crippen LogP contribution in [0.25, 0.3) is 22.0 Å². The summed E-state index contributed by atoms with van der Waals surface area (Å²) in [5.41, 5.74) is 2.86. The number of para-hydroxylation sites is 1. The van der Waals surface area contributed by atoms with E-state index >= 15 is 0 Å². The first-order valence-corrected chi connectivity index (χ1v) is 11.1. The number of ether oxygens (including phenoxy) is 1. The van der Waals surface area contributed by atoms with Crippen molar-refractivity contribution < 1.29 is 23.1 Å². The van der Waals surface area contributed by atoms with E-state index in [0.29, 0.717) is 11.1 Å². The summed E-state index contributed by atoms with van der Waals surface area (Å²) in [5.74, 6) is -0.202. The summed E-state index contributed by atoms with van der Waals surface area (Å²) in [7, 11) is -2.29. The quantitative estimate of drug-likeness (QED) is 0.460. The third kappa shape index (κ3) is 4.04. The Morgan fingerprint density at radius 1 is 0.968 bits per heavy atom. The fourth-order valence-corrected chi connectivity index (χ4v) is 5.03. The second-order valence-electron chi connectivity index (χ2n) is 7.12. The zero-order valence-electron chi connectivity index (χ0n) is 16.9. The van der Waals surface area contributed by atoms with Crippen molar-refractivity contribution in [3.63, 3.8) is 0 Å². The summed E-state index contributed by atoms with van der Waals surface area (Å²) in [4.78, 5) is 11.2. The first-order chi connectivity index (χ1) is 14.9. The molecule has 4 rings (SSSR count). The maximum Gasteiger partial charge on any atom is 0.303 e. The molecule has 0 amide bonds. The Bertz CT molecular complexity index is 1350. The van der Waals surface area contributed by atoms with Crippen molar-refractivity contribution in [2.45, 2.75) is 17.7 Å². The number of aliphatic carboxylic acids is 1. The van der Waals surface area contributed by atoms with E-state index in [2.05, 4.69) is 0 Å². The Kier molecular flexibility index (Phi) is 5.52. The third-order valence-electron chi connectivity index (χ3n) is 5.18. The highest BCUT2D eigenvalue weighted by molar-refractivity contribution is 7.90. The van der Waals surface area contributed by atoms with Gasteiger partial charge in [0.15, 0.2) is 0 Å². The van der Waals surface area contributed by atoms with Crippen LogP contribution in [-0.4, -0.2) is 30.6 Å². The lowest BCUT2D eigenvalue weighted by molar-refractivity contribution is -0.136. The molecule has 0 spiro atoms. The van der Waals surface area contributed by atoms with E-state index in [1.165, 1.54) is 10.2 Å². The number of carboxylic acids is 1. The molecule has 0 fully saturated rings. The summed E-state index contributed by atoms with van der Waals surface area (Å²) in [5, 5.41) is 9.77. The van der Waals surface area contributed by atoms with Gasteiger partial charge in [-0.15, -0.1) is 0 Å². The number of aryl methyl sites for hydroxylation is 1. The number of carbonyl (C=O) groups is 1. The van der Waals surface area contributed by atoms with Crippen LogP contribution in [0.5, 0.6) is 5.75 Å². The van der Waals surface area contributed by atoms with Crippen molar-refractivity contribution in [1.82, 2.24) is 3.97 Å². The van der Waals surface area contributed by atoms with Crippen LogP contribution in [0.2, 0.25) is 0 Å². The van der Waals surface area contributed by atoms with E-state index in [0.717, 1.165) is 22.3 Å². The molecule has 0 aliphatic rings. The summed E-state index contributed by atoms with van der Waals surface area (Å²) in [6.45, 7) is 0. The van der Waals surface area contributed by atoms with Gasteiger partial charge in [0, 0.05) is 18.0 Å². The van der Waals surface area contributed by atoms with Gasteiger partial charge in [-0.2, -0.15) is 0 Å². The molecule has 0 radical (unpaired) electrons. The largest absolute Gasteiger partial charge is 0.497 e. The second-order valence-corrected chi connectivity index (χ2v) is 8.94. The number of carboxylic acid groups (broad SMARTS) is 1. The Morgan fingerprint density at radius 2 is 1.71 bits per heavy atom. The Balaban J connectivity index is 1.78. The van der Waals surface area contributed by atoms with Crippen LogP contribution in [0.3, 0.4) is 0 Å². The van der Waals surface area contributed by atoms with Crippen LogP contribution in [0.15, 0.2) is 83.9 Å². The highest BCUT2D eigenvalue weighted by Gasteiger charge is 2.22. The van der Waals surface area contributed by atoms with Gasteiger partial charge in [0.05, 0.1) is 17.5 Å². The van der Waals surface area contributed by atoms with Crippen molar-refractivity contribution >= 4 is 26.9 Å².